The van der Waals surface area contributed by atoms with E-state index in [1.165, 1.54) is 0 Å². The van der Waals surface area contributed by atoms with Crippen molar-refractivity contribution in [3.05, 3.63) is 101 Å². The molecule has 0 radical (unpaired) electrons. The fourth-order valence-corrected chi connectivity index (χ4v) is 4.19. The van der Waals surface area contributed by atoms with Gasteiger partial charge in [-0.1, -0.05) is 48.5 Å². The molecule has 1 amide bonds. The molecule has 1 atom stereocenters. The van der Waals surface area contributed by atoms with Crippen LogP contribution in [0.5, 0.6) is 11.5 Å². The van der Waals surface area contributed by atoms with Gasteiger partial charge >= 0.3 is 6.09 Å². The van der Waals surface area contributed by atoms with Gasteiger partial charge in [-0.25, -0.2) is 4.79 Å². The first kappa shape index (κ1) is 22.5. The van der Waals surface area contributed by atoms with Crippen molar-refractivity contribution < 1.29 is 19.0 Å². The van der Waals surface area contributed by atoms with E-state index in [0.717, 1.165) is 45.0 Å². The second-order valence-corrected chi connectivity index (χ2v) is 8.94. The minimum absolute atomic E-state index is 0.180. The van der Waals surface area contributed by atoms with Gasteiger partial charge in [-0.3, -0.25) is 5.32 Å². The second-order valence-electron chi connectivity index (χ2n) is 8.94. The van der Waals surface area contributed by atoms with Gasteiger partial charge in [-0.05, 0) is 67.3 Å². The fraction of sp³-hybridized carbons (Fsp3) is 0.250. The largest absolute Gasteiger partial charge is 0.497 e. The number of nitrogens with one attached hydrogen (secondary N) is 1. The van der Waals surface area contributed by atoms with Gasteiger partial charge in [0.1, 0.15) is 17.1 Å². The predicted molar refractivity (Wildman–Crippen MR) is 130 cm³/mol. The number of carbonyl (C=O) groups is 1. The van der Waals surface area contributed by atoms with Crippen LogP contribution in [0, 0.1) is 0 Å². The maximum absolute atomic E-state index is 12.9. The summed E-state index contributed by atoms with van der Waals surface area (Å²) in [4.78, 5) is 12.9. The Bertz CT molecular complexity index is 1170. The molecule has 0 saturated heterocycles. The summed E-state index contributed by atoms with van der Waals surface area (Å²) >= 11 is 0. The van der Waals surface area contributed by atoms with E-state index in [1.54, 1.807) is 14.2 Å². The van der Waals surface area contributed by atoms with E-state index in [9.17, 15) is 4.79 Å². The number of hydrogen-bond donors (Lipinski definition) is 1. The molecule has 1 aliphatic rings. The highest BCUT2D eigenvalue weighted by atomic mass is 16.6. The van der Waals surface area contributed by atoms with Crippen LogP contribution in [0.25, 0.3) is 5.57 Å². The van der Waals surface area contributed by atoms with Crippen LogP contribution in [-0.4, -0.2) is 25.9 Å². The van der Waals surface area contributed by atoms with Gasteiger partial charge in [0.05, 0.1) is 20.1 Å². The maximum atomic E-state index is 12.9. The highest BCUT2D eigenvalue weighted by Crippen LogP contribution is 2.48. The summed E-state index contributed by atoms with van der Waals surface area (Å²) in [6.07, 6.45) is -0.482. The van der Waals surface area contributed by atoms with Crippen molar-refractivity contribution in [3.63, 3.8) is 0 Å². The summed E-state index contributed by atoms with van der Waals surface area (Å²) in [6, 6.07) is 24.0. The Hall–Kier alpha value is -3.73. The average Bonchev–Trinajstić information content (AvgIpc) is 3.10. The molecule has 5 nitrogen and oxygen atoms in total. The molecule has 0 spiro atoms. The van der Waals surface area contributed by atoms with E-state index < -0.39 is 11.7 Å². The molecule has 4 rings (SSSR count). The first-order valence-corrected chi connectivity index (χ1v) is 10.9. The summed E-state index contributed by atoms with van der Waals surface area (Å²) in [6.45, 7) is 5.57. The lowest BCUT2D eigenvalue weighted by Crippen LogP contribution is -2.33. The molecule has 0 aliphatic heterocycles. The van der Waals surface area contributed by atoms with Gasteiger partial charge in [0, 0.05) is 11.3 Å². The molecule has 0 aromatic heterocycles. The number of rotatable bonds is 5. The number of allylic oxidation sites excluding steroid dienone is 1. The van der Waals surface area contributed by atoms with Crippen molar-refractivity contribution in [2.45, 2.75) is 32.3 Å². The predicted octanol–water partition coefficient (Wildman–Crippen LogP) is 6.13. The smallest absolute Gasteiger partial charge is 0.411 e. The number of alkyl carbamates (subject to hydrolysis) is 1. The monoisotopic (exact) mass is 443 g/mol. The van der Waals surface area contributed by atoms with E-state index >= 15 is 0 Å². The molecule has 0 fully saturated rings. The molecule has 3 aromatic rings. The molecular weight excluding hydrogens is 414 g/mol. The highest BCUT2D eigenvalue weighted by Gasteiger charge is 2.35. The molecule has 0 heterocycles. The van der Waals surface area contributed by atoms with Crippen LogP contribution in [0.15, 0.2) is 78.5 Å². The number of ether oxygens (including phenoxy) is 3. The summed E-state index contributed by atoms with van der Waals surface area (Å²) in [5, 5.41) is 3.09. The zero-order valence-corrected chi connectivity index (χ0v) is 19.6. The van der Waals surface area contributed by atoms with Gasteiger partial charge in [0.15, 0.2) is 0 Å². The van der Waals surface area contributed by atoms with Crippen molar-refractivity contribution in [3.8, 4) is 11.5 Å². The number of amides is 1. The number of carbonyl (C=O) groups excluding carboxylic acids is 1. The first-order valence-electron chi connectivity index (χ1n) is 10.9. The Morgan fingerprint density at radius 2 is 1.48 bits per heavy atom. The minimum Gasteiger partial charge on any atom is -0.497 e. The van der Waals surface area contributed by atoms with Gasteiger partial charge in [0.25, 0.3) is 0 Å². The molecule has 5 heteroatoms. The first-order chi connectivity index (χ1) is 15.8. The van der Waals surface area contributed by atoms with Crippen LogP contribution in [0.4, 0.5) is 4.79 Å². The normalized spacial score (nSPS) is 15.1. The van der Waals surface area contributed by atoms with Gasteiger partial charge in [0.2, 0.25) is 0 Å². The summed E-state index contributed by atoms with van der Waals surface area (Å²) in [5.41, 5.74) is 5.28. The quantitative estimate of drug-likeness (QED) is 0.515. The molecule has 1 N–H and O–H groups in total. The van der Waals surface area contributed by atoms with Crippen molar-refractivity contribution >= 4 is 11.7 Å². The van der Waals surface area contributed by atoms with Crippen molar-refractivity contribution in [2.24, 2.45) is 0 Å². The summed E-state index contributed by atoms with van der Waals surface area (Å²) < 4.78 is 16.5. The lowest BCUT2D eigenvalue weighted by atomic mass is 9.91. The standard InChI is InChI=1S/C28H29NO4/c1-28(2,3)33-27(30)29-26-24(19-11-13-20(31-4)14-12-19)22-16-15-21(32-5)17-23(22)25(26)18-9-7-6-8-10-18/h6-17,25H,1-5H3,(H,29,30)/t25-/m0/s1. The molecule has 170 valence electrons. The van der Waals surface area contributed by atoms with Gasteiger partial charge in [-0.2, -0.15) is 0 Å². The topological polar surface area (TPSA) is 56.8 Å². The molecule has 0 unspecified atom stereocenters. The number of methoxy groups -OCH3 is 2. The molecule has 1 aliphatic carbocycles. The van der Waals surface area contributed by atoms with Crippen molar-refractivity contribution in [2.75, 3.05) is 14.2 Å². The second kappa shape index (κ2) is 9.02. The Labute approximate surface area is 195 Å². The maximum Gasteiger partial charge on any atom is 0.411 e. The molecule has 3 aromatic carbocycles. The van der Waals surface area contributed by atoms with Gasteiger partial charge < -0.3 is 14.2 Å². The third kappa shape index (κ3) is 4.72. The molecular formula is C28H29NO4. The number of benzene rings is 3. The Balaban J connectivity index is 1.92. The fourth-order valence-electron chi connectivity index (χ4n) is 4.19. The lowest BCUT2D eigenvalue weighted by Gasteiger charge is -2.23. The third-order valence-corrected chi connectivity index (χ3v) is 5.54. The van der Waals surface area contributed by atoms with Crippen LogP contribution >= 0.6 is 0 Å². The third-order valence-electron chi connectivity index (χ3n) is 5.54. The van der Waals surface area contributed by atoms with Crippen LogP contribution in [0.3, 0.4) is 0 Å². The van der Waals surface area contributed by atoms with E-state index in [2.05, 4.69) is 17.4 Å². The van der Waals surface area contributed by atoms with Crippen LogP contribution in [0.2, 0.25) is 0 Å². The molecule has 0 bridgehead atoms. The Morgan fingerprint density at radius 1 is 0.848 bits per heavy atom. The van der Waals surface area contributed by atoms with E-state index in [-0.39, 0.29) is 5.92 Å². The highest BCUT2D eigenvalue weighted by molar-refractivity contribution is 5.92. The van der Waals surface area contributed by atoms with Crippen LogP contribution < -0.4 is 14.8 Å². The van der Waals surface area contributed by atoms with Gasteiger partial charge in [-0.15, -0.1) is 0 Å². The molecule has 0 saturated carbocycles. The lowest BCUT2D eigenvalue weighted by molar-refractivity contribution is 0.0544. The Morgan fingerprint density at radius 3 is 2.09 bits per heavy atom. The minimum atomic E-state index is -0.609. The molecule has 33 heavy (non-hydrogen) atoms. The SMILES string of the molecule is COc1ccc(C2=C(NC(=O)OC(C)(C)C)[C@@H](c3ccccc3)c3cc(OC)ccc32)cc1. The zero-order valence-electron chi connectivity index (χ0n) is 19.6. The summed E-state index contributed by atoms with van der Waals surface area (Å²) in [5.74, 6) is 1.36. The van der Waals surface area contributed by atoms with Crippen molar-refractivity contribution in [1.29, 1.82) is 0 Å². The summed E-state index contributed by atoms with van der Waals surface area (Å²) in [7, 11) is 3.30. The van der Waals surface area contributed by atoms with E-state index in [1.807, 2.05) is 81.4 Å². The van der Waals surface area contributed by atoms with Crippen LogP contribution in [-0.2, 0) is 4.74 Å². The average molecular weight is 444 g/mol. The number of fused-ring (bicyclic) bond motifs is 1. The zero-order chi connectivity index (χ0) is 23.6. The van der Waals surface area contributed by atoms with E-state index in [0.29, 0.717) is 0 Å². The van der Waals surface area contributed by atoms with Crippen LogP contribution in [0.1, 0.15) is 48.9 Å². The Kier molecular flexibility index (Phi) is 6.14. The van der Waals surface area contributed by atoms with E-state index in [4.69, 9.17) is 14.2 Å². The number of hydrogen-bond acceptors (Lipinski definition) is 4. The van der Waals surface area contributed by atoms with Crippen molar-refractivity contribution in [1.82, 2.24) is 5.32 Å².